The lowest BCUT2D eigenvalue weighted by atomic mass is 9.90. The molecule has 1 nitrogen and oxygen atoms in total. The highest BCUT2D eigenvalue weighted by atomic mass is 79.9. The van der Waals surface area contributed by atoms with E-state index in [4.69, 9.17) is 11.6 Å². The minimum Gasteiger partial charge on any atom is -0.236 e. The molecule has 1 aliphatic rings. The van der Waals surface area contributed by atoms with Crippen molar-refractivity contribution in [1.29, 1.82) is 0 Å². The molecule has 1 aromatic heterocycles. The summed E-state index contributed by atoms with van der Waals surface area (Å²) in [5.74, 6) is 0. The molecule has 1 heterocycles. The van der Waals surface area contributed by atoms with E-state index in [1.165, 1.54) is 29.4 Å². The van der Waals surface area contributed by atoms with Gasteiger partial charge in [-0.3, -0.25) is 0 Å². The van der Waals surface area contributed by atoms with Crippen LogP contribution in [0.15, 0.2) is 22.7 Å². The summed E-state index contributed by atoms with van der Waals surface area (Å²) >= 11 is 9.72. The van der Waals surface area contributed by atoms with Gasteiger partial charge in [0.15, 0.2) is 0 Å². The minimum absolute atomic E-state index is 0.695. The van der Waals surface area contributed by atoms with Gasteiger partial charge in [-0.2, -0.15) is 0 Å². The summed E-state index contributed by atoms with van der Waals surface area (Å²) in [5.41, 5.74) is 3.68. The van der Waals surface area contributed by atoms with Crippen LogP contribution >= 0.6 is 27.5 Å². The van der Waals surface area contributed by atoms with Crippen LogP contribution in [0.25, 0.3) is 10.9 Å². The van der Waals surface area contributed by atoms with Crippen molar-refractivity contribution >= 4 is 38.4 Å². The van der Waals surface area contributed by atoms with Crippen molar-refractivity contribution < 1.29 is 0 Å². The van der Waals surface area contributed by atoms with Crippen LogP contribution in [-0.4, -0.2) is 4.98 Å². The van der Waals surface area contributed by atoms with Crippen LogP contribution in [0.3, 0.4) is 0 Å². The minimum atomic E-state index is 0.695. The Hall–Kier alpha value is -0.600. The van der Waals surface area contributed by atoms with Crippen LogP contribution in [0.1, 0.15) is 24.0 Å². The Bertz CT molecular complexity index is 565. The third-order valence-electron chi connectivity index (χ3n) is 3.22. The second-order valence-corrected chi connectivity index (χ2v) is 5.50. The Morgan fingerprint density at radius 3 is 2.69 bits per heavy atom. The number of pyridine rings is 1. The average molecular weight is 297 g/mol. The lowest BCUT2D eigenvalue weighted by Gasteiger charge is -2.18. The summed E-state index contributed by atoms with van der Waals surface area (Å²) in [4.78, 5) is 4.49. The molecule has 0 fully saturated rings. The zero-order valence-corrected chi connectivity index (χ0v) is 11.1. The van der Waals surface area contributed by atoms with E-state index in [1.807, 2.05) is 6.07 Å². The Morgan fingerprint density at radius 2 is 1.88 bits per heavy atom. The monoisotopic (exact) mass is 295 g/mol. The topological polar surface area (TPSA) is 12.9 Å². The van der Waals surface area contributed by atoms with Crippen LogP contribution in [0.2, 0.25) is 5.15 Å². The van der Waals surface area contributed by atoms with Crippen molar-refractivity contribution in [3.63, 3.8) is 0 Å². The predicted octanol–water partition coefficient (Wildman–Crippen LogP) is 4.53. The number of aryl methyl sites for hydroxylation is 1. The molecule has 0 spiro atoms. The fourth-order valence-corrected chi connectivity index (χ4v) is 3.10. The number of aromatic nitrogens is 1. The molecule has 0 saturated carbocycles. The summed E-state index contributed by atoms with van der Waals surface area (Å²) < 4.78 is 1.05. The lowest BCUT2D eigenvalue weighted by molar-refractivity contribution is 0.687. The van der Waals surface area contributed by atoms with E-state index < -0.39 is 0 Å². The standard InChI is InChI=1S/C13H11BrClN/c14-8-5-6-10-9-3-1-2-4-11(9)13(15)16-12(10)7-8/h5-7H,1-4H2. The fourth-order valence-electron chi connectivity index (χ4n) is 2.46. The number of nitrogens with zero attached hydrogens (tertiary/aromatic N) is 1. The van der Waals surface area contributed by atoms with Crippen molar-refractivity contribution in [2.45, 2.75) is 25.7 Å². The predicted molar refractivity (Wildman–Crippen MR) is 71.1 cm³/mol. The highest BCUT2D eigenvalue weighted by Gasteiger charge is 2.16. The third-order valence-corrected chi connectivity index (χ3v) is 4.03. The summed E-state index contributed by atoms with van der Waals surface area (Å²) in [6.07, 6.45) is 4.71. The smallest absolute Gasteiger partial charge is 0.133 e. The number of fused-ring (bicyclic) bond motifs is 3. The van der Waals surface area contributed by atoms with E-state index in [-0.39, 0.29) is 0 Å². The first kappa shape index (κ1) is 10.5. The SMILES string of the molecule is Clc1nc2cc(Br)ccc2c2c1CCCC2. The molecule has 0 bridgehead atoms. The molecule has 0 N–H and O–H groups in total. The zero-order chi connectivity index (χ0) is 11.1. The number of hydrogen-bond acceptors (Lipinski definition) is 1. The molecule has 82 valence electrons. The molecule has 16 heavy (non-hydrogen) atoms. The molecular weight excluding hydrogens is 286 g/mol. The summed E-state index contributed by atoms with van der Waals surface area (Å²) in [6.45, 7) is 0. The Labute approximate surface area is 108 Å². The quantitative estimate of drug-likeness (QED) is 0.651. The second kappa shape index (κ2) is 4.01. The van der Waals surface area contributed by atoms with Gasteiger partial charge in [0.25, 0.3) is 0 Å². The van der Waals surface area contributed by atoms with Gasteiger partial charge in [0.1, 0.15) is 5.15 Å². The average Bonchev–Trinajstić information content (AvgIpc) is 2.29. The van der Waals surface area contributed by atoms with E-state index in [9.17, 15) is 0 Å². The lowest BCUT2D eigenvalue weighted by Crippen LogP contribution is -2.05. The molecule has 0 amide bonds. The number of benzene rings is 1. The van der Waals surface area contributed by atoms with Gasteiger partial charge in [-0.1, -0.05) is 33.6 Å². The van der Waals surface area contributed by atoms with E-state index in [2.05, 4.69) is 33.0 Å². The van der Waals surface area contributed by atoms with Crippen LogP contribution in [0.5, 0.6) is 0 Å². The Kier molecular flexibility index (Phi) is 2.64. The van der Waals surface area contributed by atoms with Gasteiger partial charge in [0, 0.05) is 9.86 Å². The van der Waals surface area contributed by atoms with Crippen molar-refractivity contribution in [2.75, 3.05) is 0 Å². The van der Waals surface area contributed by atoms with Crippen molar-refractivity contribution in [3.05, 3.63) is 39.0 Å². The normalized spacial score (nSPS) is 15.1. The molecule has 0 atom stereocenters. The number of rotatable bonds is 0. The maximum atomic E-state index is 6.25. The molecule has 1 aromatic carbocycles. The maximum absolute atomic E-state index is 6.25. The highest BCUT2D eigenvalue weighted by molar-refractivity contribution is 9.10. The molecular formula is C13H11BrClN. The van der Waals surface area contributed by atoms with Crippen LogP contribution in [0, 0.1) is 0 Å². The number of hydrogen-bond donors (Lipinski definition) is 0. The van der Waals surface area contributed by atoms with Gasteiger partial charge in [-0.05, 0) is 48.9 Å². The molecule has 0 aliphatic heterocycles. The van der Waals surface area contributed by atoms with Crippen LogP contribution in [0.4, 0.5) is 0 Å². The molecule has 1 aliphatic carbocycles. The Morgan fingerprint density at radius 1 is 1.12 bits per heavy atom. The molecule has 0 saturated heterocycles. The summed E-state index contributed by atoms with van der Waals surface area (Å²) in [6, 6.07) is 6.26. The van der Waals surface area contributed by atoms with E-state index in [0.717, 1.165) is 22.8 Å². The van der Waals surface area contributed by atoms with Gasteiger partial charge in [0.05, 0.1) is 5.52 Å². The molecule has 0 unspecified atom stereocenters. The maximum Gasteiger partial charge on any atom is 0.133 e. The van der Waals surface area contributed by atoms with Crippen LogP contribution in [-0.2, 0) is 12.8 Å². The first-order chi connectivity index (χ1) is 7.75. The zero-order valence-electron chi connectivity index (χ0n) is 8.76. The van der Waals surface area contributed by atoms with Gasteiger partial charge in [-0.15, -0.1) is 0 Å². The number of halogens is 2. The first-order valence-electron chi connectivity index (χ1n) is 5.52. The third kappa shape index (κ3) is 1.64. The van der Waals surface area contributed by atoms with Gasteiger partial charge in [-0.25, -0.2) is 4.98 Å². The van der Waals surface area contributed by atoms with Gasteiger partial charge in [0.2, 0.25) is 0 Å². The van der Waals surface area contributed by atoms with Gasteiger partial charge < -0.3 is 0 Å². The molecule has 2 aromatic rings. The molecule has 3 rings (SSSR count). The molecule has 3 heteroatoms. The first-order valence-corrected chi connectivity index (χ1v) is 6.69. The largest absolute Gasteiger partial charge is 0.236 e. The summed E-state index contributed by atoms with van der Waals surface area (Å²) in [7, 11) is 0. The van der Waals surface area contributed by atoms with E-state index >= 15 is 0 Å². The molecule has 0 radical (unpaired) electrons. The fraction of sp³-hybridized carbons (Fsp3) is 0.308. The second-order valence-electron chi connectivity index (χ2n) is 4.23. The van der Waals surface area contributed by atoms with Crippen molar-refractivity contribution in [3.8, 4) is 0 Å². The van der Waals surface area contributed by atoms with Gasteiger partial charge >= 0.3 is 0 Å². The van der Waals surface area contributed by atoms with E-state index in [0.29, 0.717) is 5.15 Å². The van der Waals surface area contributed by atoms with Crippen LogP contribution < -0.4 is 0 Å². The van der Waals surface area contributed by atoms with E-state index in [1.54, 1.807) is 0 Å². The Balaban J connectivity index is 2.37. The van der Waals surface area contributed by atoms with Crippen molar-refractivity contribution in [1.82, 2.24) is 4.98 Å². The highest BCUT2D eigenvalue weighted by Crippen LogP contribution is 2.33. The summed E-state index contributed by atoms with van der Waals surface area (Å²) in [5, 5.41) is 1.96. The van der Waals surface area contributed by atoms with Crippen molar-refractivity contribution in [2.24, 2.45) is 0 Å².